The number of aliphatic hydroxyl groups is 1. The zero-order valence-corrected chi connectivity index (χ0v) is 11.3. The topological polar surface area (TPSA) is 20.2 Å². The maximum atomic E-state index is 9.56. The van der Waals surface area contributed by atoms with Gasteiger partial charge < -0.3 is 33.6 Å². The summed E-state index contributed by atoms with van der Waals surface area (Å²) >= 11 is 0. The normalized spacial score (nSPS) is 34.4. The molecule has 0 saturated heterocycles. The Hall–Kier alpha value is 0.650. The van der Waals surface area contributed by atoms with Gasteiger partial charge in [-0.1, -0.05) is 6.92 Å². The molecule has 0 aromatic heterocycles. The molecular formula is C10H22INO. The second-order valence-electron chi connectivity index (χ2n) is 5.35. The highest BCUT2D eigenvalue weighted by Crippen LogP contribution is 2.31. The number of nitrogens with zero attached hydrogens (tertiary/aromatic N) is 1. The fourth-order valence-corrected chi connectivity index (χ4v) is 2.28. The molecule has 0 aliphatic heterocycles. The highest BCUT2D eigenvalue weighted by Gasteiger charge is 2.32. The molecule has 0 unspecified atom stereocenters. The van der Waals surface area contributed by atoms with E-state index in [9.17, 15) is 5.11 Å². The minimum absolute atomic E-state index is 0. The second-order valence-corrected chi connectivity index (χ2v) is 5.35. The van der Waals surface area contributed by atoms with Gasteiger partial charge in [0.15, 0.2) is 0 Å². The van der Waals surface area contributed by atoms with Crippen molar-refractivity contribution in [2.45, 2.75) is 25.9 Å². The van der Waals surface area contributed by atoms with Crippen molar-refractivity contribution >= 4 is 0 Å². The van der Waals surface area contributed by atoms with Gasteiger partial charge >= 0.3 is 0 Å². The molecule has 1 saturated carbocycles. The molecule has 13 heavy (non-hydrogen) atoms. The lowest BCUT2D eigenvalue weighted by Gasteiger charge is -2.27. The van der Waals surface area contributed by atoms with Crippen LogP contribution < -0.4 is 24.0 Å². The van der Waals surface area contributed by atoms with Crippen molar-refractivity contribution in [1.82, 2.24) is 0 Å². The van der Waals surface area contributed by atoms with Crippen LogP contribution >= 0.6 is 0 Å². The summed E-state index contributed by atoms with van der Waals surface area (Å²) in [6.07, 6.45) is 2.18. The fraction of sp³-hybridized carbons (Fsp3) is 1.00. The lowest BCUT2D eigenvalue weighted by Crippen LogP contribution is -3.00. The Morgan fingerprint density at radius 2 is 1.77 bits per heavy atom. The van der Waals surface area contributed by atoms with Crippen LogP contribution in [0.15, 0.2) is 0 Å². The van der Waals surface area contributed by atoms with Crippen molar-refractivity contribution in [2.75, 3.05) is 27.7 Å². The van der Waals surface area contributed by atoms with Gasteiger partial charge in [0.1, 0.15) is 0 Å². The van der Waals surface area contributed by atoms with Crippen LogP contribution in [0.3, 0.4) is 0 Å². The zero-order chi connectivity index (χ0) is 9.35. The van der Waals surface area contributed by atoms with Crippen LogP contribution in [0.25, 0.3) is 0 Å². The number of hydrogen-bond acceptors (Lipinski definition) is 1. The number of quaternary nitrogens is 1. The summed E-state index contributed by atoms with van der Waals surface area (Å²) < 4.78 is 1.02. The van der Waals surface area contributed by atoms with E-state index >= 15 is 0 Å². The third-order valence-electron chi connectivity index (χ3n) is 2.74. The fourth-order valence-electron chi connectivity index (χ4n) is 2.28. The van der Waals surface area contributed by atoms with Crippen molar-refractivity contribution in [3.8, 4) is 0 Å². The summed E-state index contributed by atoms with van der Waals surface area (Å²) in [5.74, 6) is 1.25. The van der Waals surface area contributed by atoms with Crippen molar-refractivity contribution in [3.05, 3.63) is 0 Å². The van der Waals surface area contributed by atoms with Gasteiger partial charge in [0.25, 0.3) is 0 Å². The Balaban J connectivity index is 0.00000144. The Labute approximate surface area is 98.9 Å². The van der Waals surface area contributed by atoms with E-state index in [1.54, 1.807) is 0 Å². The first-order valence-corrected chi connectivity index (χ1v) is 4.87. The average molecular weight is 299 g/mol. The van der Waals surface area contributed by atoms with Crippen LogP contribution in [-0.4, -0.2) is 43.4 Å². The summed E-state index contributed by atoms with van der Waals surface area (Å²) in [7, 11) is 6.65. The number of aliphatic hydroxyl groups excluding tert-OH is 1. The van der Waals surface area contributed by atoms with Crippen LogP contribution in [0.4, 0.5) is 0 Å². The molecule has 0 spiro atoms. The largest absolute Gasteiger partial charge is 1.00 e. The maximum Gasteiger partial charge on any atom is 0.0810 e. The van der Waals surface area contributed by atoms with Gasteiger partial charge in [-0.05, 0) is 18.8 Å². The SMILES string of the molecule is C[C@H]1C[C@H](C[N+](C)(C)C)C[C@H]1O.[I-]. The van der Waals surface area contributed by atoms with Crippen LogP contribution in [0.1, 0.15) is 19.8 Å². The van der Waals surface area contributed by atoms with E-state index in [1.807, 2.05) is 0 Å². The van der Waals surface area contributed by atoms with Gasteiger partial charge in [-0.3, -0.25) is 0 Å². The van der Waals surface area contributed by atoms with Crippen molar-refractivity contribution in [3.63, 3.8) is 0 Å². The molecule has 3 atom stereocenters. The van der Waals surface area contributed by atoms with E-state index in [2.05, 4.69) is 28.1 Å². The van der Waals surface area contributed by atoms with E-state index in [0.717, 1.165) is 16.8 Å². The van der Waals surface area contributed by atoms with Crippen LogP contribution in [0, 0.1) is 11.8 Å². The molecule has 0 heterocycles. The smallest absolute Gasteiger partial charge is 0.0810 e. The third-order valence-corrected chi connectivity index (χ3v) is 2.74. The Morgan fingerprint density at radius 3 is 2.08 bits per heavy atom. The molecule has 1 aliphatic carbocycles. The molecule has 1 aliphatic rings. The van der Waals surface area contributed by atoms with E-state index in [0.29, 0.717) is 5.92 Å². The molecular weight excluding hydrogens is 277 g/mol. The molecule has 1 rings (SSSR count). The molecule has 0 amide bonds. The molecule has 0 aromatic rings. The van der Waals surface area contributed by atoms with Crippen LogP contribution in [-0.2, 0) is 0 Å². The molecule has 0 bridgehead atoms. The predicted octanol–water partition coefficient (Wildman–Crippen LogP) is -1.90. The molecule has 1 N–H and O–H groups in total. The van der Waals surface area contributed by atoms with Gasteiger partial charge in [-0.15, -0.1) is 0 Å². The van der Waals surface area contributed by atoms with Crippen molar-refractivity contribution < 1.29 is 33.6 Å². The van der Waals surface area contributed by atoms with Crippen LogP contribution in [0.2, 0.25) is 0 Å². The monoisotopic (exact) mass is 299 g/mol. The van der Waals surface area contributed by atoms with Gasteiger partial charge in [-0.2, -0.15) is 0 Å². The first-order chi connectivity index (χ1) is 5.38. The Kier molecular flexibility index (Phi) is 5.18. The highest BCUT2D eigenvalue weighted by atomic mass is 127. The van der Waals surface area contributed by atoms with E-state index in [1.165, 1.54) is 13.0 Å². The lowest BCUT2D eigenvalue weighted by atomic mass is 10.1. The van der Waals surface area contributed by atoms with Crippen molar-refractivity contribution in [2.24, 2.45) is 11.8 Å². The van der Waals surface area contributed by atoms with E-state index in [4.69, 9.17) is 0 Å². The summed E-state index contributed by atoms with van der Waals surface area (Å²) in [5, 5.41) is 9.56. The van der Waals surface area contributed by atoms with Gasteiger partial charge in [0.05, 0.1) is 33.8 Å². The van der Waals surface area contributed by atoms with Gasteiger partial charge in [-0.25, -0.2) is 0 Å². The van der Waals surface area contributed by atoms with Crippen molar-refractivity contribution in [1.29, 1.82) is 0 Å². The van der Waals surface area contributed by atoms with Gasteiger partial charge in [0.2, 0.25) is 0 Å². The first kappa shape index (κ1) is 13.7. The summed E-state index contributed by atoms with van der Waals surface area (Å²) in [4.78, 5) is 0. The number of rotatable bonds is 2. The van der Waals surface area contributed by atoms with Gasteiger partial charge in [0, 0.05) is 5.92 Å². The Bertz CT molecular complexity index is 145. The third kappa shape index (κ3) is 4.61. The molecule has 2 nitrogen and oxygen atoms in total. The minimum atomic E-state index is -0.0402. The molecule has 0 radical (unpaired) electrons. The molecule has 3 heteroatoms. The second kappa shape index (κ2) is 4.94. The molecule has 1 fully saturated rings. The molecule has 0 aromatic carbocycles. The lowest BCUT2D eigenvalue weighted by molar-refractivity contribution is -0.873. The quantitative estimate of drug-likeness (QED) is 0.467. The predicted molar refractivity (Wildman–Crippen MR) is 50.8 cm³/mol. The summed E-state index contributed by atoms with van der Waals surface area (Å²) in [5.41, 5.74) is 0. The Morgan fingerprint density at radius 1 is 1.23 bits per heavy atom. The van der Waals surface area contributed by atoms with E-state index < -0.39 is 0 Å². The number of hydrogen-bond donors (Lipinski definition) is 1. The standard InChI is InChI=1S/C10H22NO.HI/c1-8-5-9(6-10(8)12)7-11(2,3)4;/h8-10,12H,5-7H2,1-4H3;1H/q+1;/p-1/t8-,9-,10+;/m0./s1. The molecule has 80 valence electrons. The summed E-state index contributed by atoms with van der Waals surface area (Å²) in [6.45, 7) is 3.35. The average Bonchev–Trinajstić information content (AvgIpc) is 2.07. The maximum absolute atomic E-state index is 9.56. The first-order valence-electron chi connectivity index (χ1n) is 4.87. The summed E-state index contributed by atoms with van der Waals surface area (Å²) in [6, 6.07) is 0. The zero-order valence-electron chi connectivity index (χ0n) is 9.13. The van der Waals surface area contributed by atoms with Crippen LogP contribution in [0.5, 0.6) is 0 Å². The minimum Gasteiger partial charge on any atom is -1.00 e. The number of halogens is 1. The van der Waals surface area contributed by atoms with E-state index in [-0.39, 0.29) is 30.1 Å². The highest BCUT2D eigenvalue weighted by molar-refractivity contribution is 4.80.